The lowest BCUT2D eigenvalue weighted by molar-refractivity contribution is -0.119. The molecule has 2 aliphatic rings. The predicted octanol–water partition coefficient (Wildman–Crippen LogP) is 2.87. The van der Waals surface area contributed by atoms with Crippen molar-refractivity contribution in [3.05, 3.63) is 18.2 Å². The van der Waals surface area contributed by atoms with Gasteiger partial charge in [0.25, 0.3) is 0 Å². The Morgan fingerprint density at radius 1 is 1.19 bits per heavy atom. The van der Waals surface area contributed by atoms with E-state index in [4.69, 9.17) is 21.7 Å². The van der Waals surface area contributed by atoms with Crippen molar-refractivity contribution < 1.29 is 14.3 Å². The van der Waals surface area contributed by atoms with Crippen LogP contribution in [0.2, 0.25) is 0 Å². The maximum absolute atomic E-state index is 12.1. The molecule has 0 bridgehead atoms. The number of amides is 1. The van der Waals surface area contributed by atoms with Gasteiger partial charge in [0.05, 0.1) is 5.75 Å². The second-order valence-corrected chi connectivity index (χ2v) is 8.57. The molecule has 1 amide bonds. The number of thiocarbonyl (C=S) groups is 1. The molecule has 27 heavy (non-hydrogen) atoms. The Kier molecular flexibility index (Phi) is 7.07. The van der Waals surface area contributed by atoms with Crippen molar-refractivity contribution in [2.24, 2.45) is 11.8 Å². The fourth-order valence-electron chi connectivity index (χ4n) is 3.42. The number of hydrazine groups is 1. The second kappa shape index (κ2) is 9.50. The smallest absolute Gasteiger partial charge is 0.248 e. The number of thioether (sulfide) groups is 1. The molecule has 8 heteroatoms. The van der Waals surface area contributed by atoms with Gasteiger partial charge in [-0.25, -0.2) is 0 Å². The minimum atomic E-state index is -0.135. The first-order chi connectivity index (χ1) is 13.0. The van der Waals surface area contributed by atoms with E-state index in [1.54, 1.807) is 0 Å². The van der Waals surface area contributed by atoms with Crippen LogP contribution in [0.1, 0.15) is 33.1 Å². The number of carbonyl (C=O) groups is 1. The van der Waals surface area contributed by atoms with Crippen LogP contribution >= 0.6 is 24.0 Å². The SMILES string of the molecule is C[C@@H]1[C@H](C)CCC[C@@H]1NC(=S)NNC(=O)CSc1ccc2c(c1)OCCO2. The highest BCUT2D eigenvalue weighted by molar-refractivity contribution is 8.00. The summed E-state index contributed by atoms with van der Waals surface area (Å²) >= 11 is 6.75. The molecule has 0 unspecified atom stereocenters. The van der Waals surface area contributed by atoms with E-state index in [1.165, 1.54) is 24.6 Å². The minimum absolute atomic E-state index is 0.135. The van der Waals surface area contributed by atoms with Crippen molar-refractivity contribution in [3.8, 4) is 11.5 Å². The number of nitrogens with one attached hydrogen (secondary N) is 3. The van der Waals surface area contributed by atoms with E-state index in [-0.39, 0.29) is 11.7 Å². The molecule has 1 aliphatic carbocycles. The summed E-state index contributed by atoms with van der Waals surface area (Å²) in [5.74, 6) is 2.89. The van der Waals surface area contributed by atoms with Gasteiger partial charge in [-0.2, -0.15) is 0 Å². The Balaban J connectivity index is 1.38. The van der Waals surface area contributed by atoms with Gasteiger partial charge in [-0.15, -0.1) is 11.8 Å². The third-order valence-electron chi connectivity index (χ3n) is 5.22. The summed E-state index contributed by atoms with van der Waals surface area (Å²) in [7, 11) is 0. The van der Waals surface area contributed by atoms with E-state index in [0.717, 1.165) is 22.8 Å². The molecular formula is C19H27N3O3S2. The third-order valence-corrected chi connectivity index (χ3v) is 6.44. The van der Waals surface area contributed by atoms with Crippen molar-refractivity contribution in [2.75, 3.05) is 19.0 Å². The van der Waals surface area contributed by atoms with Gasteiger partial charge >= 0.3 is 0 Å². The van der Waals surface area contributed by atoms with E-state index in [2.05, 4.69) is 30.0 Å². The maximum Gasteiger partial charge on any atom is 0.248 e. The molecule has 1 aromatic rings. The predicted molar refractivity (Wildman–Crippen MR) is 111 cm³/mol. The van der Waals surface area contributed by atoms with E-state index in [1.807, 2.05) is 18.2 Å². The summed E-state index contributed by atoms with van der Waals surface area (Å²) in [6.45, 7) is 5.66. The zero-order valence-electron chi connectivity index (χ0n) is 15.7. The minimum Gasteiger partial charge on any atom is -0.486 e. The largest absolute Gasteiger partial charge is 0.486 e. The van der Waals surface area contributed by atoms with Crippen LogP contribution in [0.5, 0.6) is 11.5 Å². The van der Waals surface area contributed by atoms with Crippen molar-refractivity contribution >= 4 is 35.0 Å². The fourth-order valence-corrected chi connectivity index (χ4v) is 4.34. The molecule has 0 saturated heterocycles. The standard InChI is InChI=1S/C19H27N3O3S2/c1-12-4-3-5-15(13(12)2)20-19(26)22-21-18(23)11-27-14-6-7-16-17(10-14)25-9-8-24-16/h6-7,10,12-13,15H,3-5,8-9,11H2,1-2H3,(H,21,23)(H2,20,22,26)/t12-,13-,15+/m1/s1. The Morgan fingerprint density at radius 3 is 2.78 bits per heavy atom. The van der Waals surface area contributed by atoms with Crippen LogP contribution in [0, 0.1) is 11.8 Å². The molecular weight excluding hydrogens is 382 g/mol. The van der Waals surface area contributed by atoms with Crippen LogP contribution in [0.4, 0.5) is 0 Å². The quantitative estimate of drug-likeness (QED) is 0.401. The number of fused-ring (bicyclic) bond motifs is 1. The highest BCUT2D eigenvalue weighted by Crippen LogP contribution is 2.34. The molecule has 0 radical (unpaired) electrons. The summed E-state index contributed by atoms with van der Waals surface area (Å²) in [4.78, 5) is 13.0. The number of rotatable bonds is 4. The van der Waals surface area contributed by atoms with Crippen LogP contribution in [-0.2, 0) is 4.79 Å². The molecule has 6 nitrogen and oxygen atoms in total. The number of benzene rings is 1. The molecule has 1 aromatic carbocycles. The van der Waals surface area contributed by atoms with Crippen LogP contribution in [0.25, 0.3) is 0 Å². The Hall–Kier alpha value is -1.67. The van der Waals surface area contributed by atoms with E-state index >= 15 is 0 Å². The van der Waals surface area contributed by atoms with Gasteiger partial charge < -0.3 is 14.8 Å². The number of carbonyl (C=O) groups excluding carboxylic acids is 1. The zero-order valence-corrected chi connectivity index (χ0v) is 17.4. The molecule has 1 fully saturated rings. The summed E-state index contributed by atoms with van der Waals surface area (Å²) < 4.78 is 11.1. The lowest BCUT2D eigenvalue weighted by Gasteiger charge is -2.35. The van der Waals surface area contributed by atoms with E-state index in [9.17, 15) is 4.79 Å². The lowest BCUT2D eigenvalue weighted by Crippen LogP contribution is -2.52. The van der Waals surface area contributed by atoms with Crippen LogP contribution in [-0.4, -0.2) is 36.0 Å². The molecule has 1 heterocycles. The molecule has 1 aliphatic heterocycles. The molecule has 3 atom stereocenters. The number of ether oxygens (including phenoxy) is 2. The molecule has 1 saturated carbocycles. The van der Waals surface area contributed by atoms with E-state index < -0.39 is 0 Å². The van der Waals surface area contributed by atoms with Gasteiger partial charge in [0.2, 0.25) is 5.91 Å². The van der Waals surface area contributed by atoms with Crippen LogP contribution < -0.4 is 25.6 Å². The van der Waals surface area contributed by atoms with Gasteiger partial charge in [0.15, 0.2) is 16.6 Å². The van der Waals surface area contributed by atoms with Gasteiger partial charge in [-0.3, -0.25) is 15.6 Å². The first-order valence-electron chi connectivity index (χ1n) is 9.40. The average Bonchev–Trinajstić information content (AvgIpc) is 2.68. The Bertz CT molecular complexity index is 686. The van der Waals surface area contributed by atoms with Crippen molar-refractivity contribution in [2.45, 2.75) is 44.0 Å². The third kappa shape index (κ3) is 5.65. The Labute approximate surface area is 170 Å². The average molecular weight is 410 g/mol. The van der Waals surface area contributed by atoms with E-state index in [0.29, 0.717) is 36.2 Å². The Morgan fingerprint density at radius 2 is 1.96 bits per heavy atom. The monoisotopic (exact) mass is 409 g/mol. The highest BCUT2D eigenvalue weighted by Gasteiger charge is 2.27. The topological polar surface area (TPSA) is 71.6 Å². The fraction of sp³-hybridized carbons (Fsp3) is 0.579. The summed E-state index contributed by atoms with van der Waals surface area (Å²) in [5, 5.41) is 3.80. The number of hydrogen-bond donors (Lipinski definition) is 3. The molecule has 0 aromatic heterocycles. The van der Waals surface area contributed by atoms with Crippen molar-refractivity contribution in [1.82, 2.24) is 16.2 Å². The van der Waals surface area contributed by atoms with Gasteiger partial charge in [-0.05, 0) is 48.7 Å². The van der Waals surface area contributed by atoms with Gasteiger partial charge in [0.1, 0.15) is 13.2 Å². The normalized spacial score (nSPS) is 24.0. The number of hydrogen-bond acceptors (Lipinski definition) is 5. The first-order valence-corrected chi connectivity index (χ1v) is 10.8. The van der Waals surface area contributed by atoms with Crippen molar-refractivity contribution in [1.29, 1.82) is 0 Å². The lowest BCUT2D eigenvalue weighted by atomic mass is 9.78. The van der Waals surface area contributed by atoms with Gasteiger partial charge in [-0.1, -0.05) is 26.7 Å². The first kappa shape index (κ1) is 20.1. The van der Waals surface area contributed by atoms with Crippen LogP contribution in [0.15, 0.2) is 23.1 Å². The summed E-state index contributed by atoms with van der Waals surface area (Å²) in [5.41, 5.74) is 5.48. The zero-order chi connectivity index (χ0) is 19.2. The molecule has 148 valence electrons. The maximum atomic E-state index is 12.1. The summed E-state index contributed by atoms with van der Waals surface area (Å²) in [6, 6.07) is 6.06. The van der Waals surface area contributed by atoms with Gasteiger partial charge in [0, 0.05) is 10.9 Å². The molecule has 3 rings (SSSR count). The molecule has 3 N–H and O–H groups in total. The van der Waals surface area contributed by atoms with Crippen LogP contribution in [0.3, 0.4) is 0 Å². The molecule has 0 spiro atoms. The summed E-state index contributed by atoms with van der Waals surface area (Å²) in [6.07, 6.45) is 3.60. The van der Waals surface area contributed by atoms with Crippen molar-refractivity contribution in [3.63, 3.8) is 0 Å². The highest BCUT2D eigenvalue weighted by atomic mass is 32.2. The second-order valence-electron chi connectivity index (χ2n) is 7.11.